The van der Waals surface area contributed by atoms with E-state index in [4.69, 9.17) is 0 Å². The van der Waals surface area contributed by atoms with Gasteiger partial charge in [-0.25, -0.2) is 0 Å². The lowest BCUT2D eigenvalue weighted by Crippen LogP contribution is -2.51. The lowest BCUT2D eigenvalue weighted by Gasteiger charge is -2.34. The predicted molar refractivity (Wildman–Crippen MR) is 68.8 cm³/mol. The topological polar surface area (TPSA) is 78.5 Å². The molecule has 0 fully saturated rings. The molecule has 0 unspecified atom stereocenters. The van der Waals surface area contributed by atoms with Crippen LogP contribution in [0.15, 0.2) is 0 Å². The summed E-state index contributed by atoms with van der Waals surface area (Å²) in [6.07, 6.45) is 1.20. The van der Waals surface area contributed by atoms with E-state index in [1.54, 1.807) is 0 Å². The molecule has 0 heterocycles. The number of hydrogen-bond acceptors (Lipinski definition) is 3. The number of hydrogen-bond donors (Lipinski definition) is 2. The van der Waals surface area contributed by atoms with E-state index in [9.17, 15) is 14.4 Å². The van der Waals surface area contributed by atoms with Gasteiger partial charge in [-0.3, -0.25) is 14.4 Å². The van der Waals surface area contributed by atoms with Crippen LogP contribution in [-0.4, -0.2) is 48.3 Å². The number of rotatable bonds is 6. The summed E-state index contributed by atoms with van der Waals surface area (Å²) in [7, 11) is 0. The van der Waals surface area contributed by atoms with Crippen LogP contribution in [0.2, 0.25) is 0 Å². The Bertz CT molecular complexity index is 297. The lowest BCUT2D eigenvalue weighted by molar-refractivity contribution is -0.148. The molecule has 104 valence electrons. The van der Waals surface area contributed by atoms with Gasteiger partial charge < -0.3 is 15.5 Å². The smallest absolute Gasteiger partial charge is 0.312 e. The molecule has 2 N–H and O–H groups in total. The first-order chi connectivity index (χ1) is 8.34. The zero-order valence-electron chi connectivity index (χ0n) is 11.6. The van der Waals surface area contributed by atoms with Crippen molar-refractivity contribution in [2.45, 2.75) is 39.7 Å². The minimum absolute atomic E-state index is 0.368. The van der Waals surface area contributed by atoms with E-state index in [1.165, 1.54) is 4.90 Å². The Morgan fingerprint density at radius 1 is 1.22 bits per heavy atom. The summed E-state index contributed by atoms with van der Waals surface area (Å²) in [5.41, 5.74) is -0.373. The van der Waals surface area contributed by atoms with Gasteiger partial charge in [0.1, 0.15) is 0 Å². The molecule has 0 aromatic rings. The van der Waals surface area contributed by atoms with E-state index in [2.05, 4.69) is 10.6 Å². The maximum absolute atomic E-state index is 11.9. The summed E-state index contributed by atoms with van der Waals surface area (Å²) in [5, 5.41) is 5.02. The molecule has 0 aliphatic rings. The van der Waals surface area contributed by atoms with Crippen molar-refractivity contribution in [2.24, 2.45) is 0 Å². The third kappa shape index (κ3) is 5.65. The maximum Gasteiger partial charge on any atom is 0.312 e. The molecular weight excluding hydrogens is 234 g/mol. The third-order valence-electron chi connectivity index (χ3n) is 2.43. The van der Waals surface area contributed by atoms with Crippen molar-refractivity contribution in [1.82, 2.24) is 15.5 Å². The maximum atomic E-state index is 11.9. The number of likely N-dealkylation sites (N-methyl/N-ethyl adjacent to an activating group) is 1. The minimum atomic E-state index is -0.599. The second-order valence-electron chi connectivity index (χ2n) is 4.90. The highest BCUT2D eigenvalue weighted by molar-refractivity contribution is 6.35. The second kappa shape index (κ2) is 7.68. The zero-order valence-corrected chi connectivity index (χ0v) is 11.6. The monoisotopic (exact) mass is 257 g/mol. The van der Waals surface area contributed by atoms with Gasteiger partial charge in [0.15, 0.2) is 0 Å². The van der Waals surface area contributed by atoms with E-state index in [1.807, 2.05) is 27.7 Å². The molecule has 3 amide bonds. The van der Waals surface area contributed by atoms with Crippen LogP contribution in [0.3, 0.4) is 0 Å². The number of amides is 3. The number of carbonyl (C=O) groups excluding carboxylic acids is 3. The predicted octanol–water partition coefficient (Wildman–Crippen LogP) is -0.114. The van der Waals surface area contributed by atoms with Gasteiger partial charge in [-0.15, -0.1) is 0 Å². The molecule has 0 rings (SSSR count). The first-order valence-electron chi connectivity index (χ1n) is 6.11. The summed E-state index contributed by atoms with van der Waals surface area (Å²) < 4.78 is 0. The molecule has 0 aromatic heterocycles. The van der Waals surface area contributed by atoms with Gasteiger partial charge in [-0.05, 0) is 34.1 Å². The summed E-state index contributed by atoms with van der Waals surface area (Å²) in [4.78, 5) is 35.0. The van der Waals surface area contributed by atoms with Crippen LogP contribution < -0.4 is 10.6 Å². The highest BCUT2D eigenvalue weighted by Crippen LogP contribution is 2.12. The summed E-state index contributed by atoms with van der Waals surface area (Å²) in [5.74, 6) is -1.12. The van der Waals surface area contributed by atoms with Crippen molar-refractivity contribution >= 4 is 18.2 Å². The summed E-state index contributed by atoms with van der Waals surface area (Å²) in [6.45, 7) is 8.83. The summed E-state index contributed by atoms with van der Waals surface area (Å²) in [6, 6.07) is 0. The van der Waals surface area contributed by atoms with Crippen LogP contribution in [0.25, 0.3) is 0 Å². The fraction of sp³-hybridized carbons (Fsp3) is 0.750. The third-order valence-corrected chi connectivity index (χ3v) is 2.43. The standard InChI is InChI=1S/C12H23N3O3/c1-5-15(12(2,3)4)11(18)10(17)14-8-6-7-13-9-16/h9H,5-8H2,1-4H3,(H,13,16)(H,14,17). The fourth-order valence-electron chi connectivity index (χ4n) is 1.57. The largest absolute Gasteiger partial charge is 0.359 e. The van der Waals surface area contributed by atoms with E-state index in [0.29, 0.717) is 32.5 Å². The van der Waals surface area contributed by atoms with Crippen LogP contribution in [0.4, 0.5) is 0 Å². The number of nitrogens with one attached hydrogen (secondary N) is 2. The molecule has 18 heavy (non-hydrogen) atoms. The van der Waals surface area contributed by atoms with Crippen LogP contribution in [-0.2, 0) is 14.4 Å². The van der Waals surface area contributed by atoms with Crippen molar-refractivity contribution in [1.29, 1.82) is 0 Å². The number of carbonyl (C=O) groups is 3. The van der Waals surface area contributed by atoms with E-state index >= 15 is 0 Å². The number of nitrogens with zero attached hydrogens (tertiary/aromatic N) is 1. The lowest BCUT2D eigenvalue weighted by atomic mass is 10.1. The van der Waals surface area contributed by atoms with E-state index in [-0.39, 0.29) is 5.54 Å². The molecule has 0 saturated heterocycles. The van der Waals surface area contributed by atoms with Crippen molar-refractivity contribution in [2.75, 3.05) is 19.6 Å². The quantitative estimate of drug-likeness (QED) is 0.396. The van der Waals surface area contributed by atoms with Crippen LogP contribution in [0.1, 0.15) is 34.1 Å². The van der Waals surface area contributed by atoms with Gasteiger partial charge in [-0.2, -0.15) is 0 Å². The molecule has 0 saturated carbocycles. The molecule has 0 radical (unpaired) electrons. The summed E-state index contributed by atoms with van der Waals surface area (Å²) >= 11 is 0. The Morgan fingerprint density at radius 3 is 2.28 bits per heavy atom. The Kier molecular flexibility index (Phi) is 7.00. The minimum Gasteiger partial charge on any atom is -0.359 e. The van der Waals surface area contributed by atoms with Gasteiger partial charge in [-0.1, -0.05) is 0 Å². The highest BCUT2D eigenvalue weighted by Gasteiger charge is 2.29. The molecule has 0 aliphatic heterocycles. The Morgan fingerprint density at radius 2 is 1.83 bits per heavy atom. The highest BCUT2D eigenvalue weighted by atomic mass is 16.2. The van der Waals surface area contributed by atoms with E-state index < -0.39 is 11.8 Å². The molecule has 0 aliphatic carbocycles. The first-order valence-corrected chi connectivity index (χ1v) is 6.11. The Labute approximate surface area is 108 Å². The first kappa shape index (κ1) is 16.4. The molecule has 6 heteroatoms. The van der Waals surface area contributed by atoms with Gasteiger partial charge >= 0.3 is 11.8 Å². The fourth-order valence-corrected chi connectivity index (χ4v) is 1.57. The molecule has 0 aromatic carbocycles. The molecular formula is C12H23N3O3. The van der Waals surface area contributed by atoms with Gasteiger partial charge in [0.05, 0.1) is 0 Å². The molecule has 0 atom stereocenters. The average Bonchev–Trinajstić information content (AvgIpc) is 2.27. The zero-order chi connectivity index (χ0) is 14.2. The Balaban J connectivity index is 4.17. The average molecular weight is 257 g/mol. The van der Waals surface area contributed by atoms with Crippen molar-refractivity contribution in [3.8, 4) is 0 Å². The van der Waals surface area contributed by atoms with Crippen molar-refractivity contribution < 1.29 is 14.4 Å². The van der Waals surface area contributed by atoms with Gasteiger partial charge in [0.2, 0.25) is 6.41 Å². The van der Waals surface area contributed by atoms with Crippen molar-refractivity contribution in [3.05, 3.63) is 0 Å². The van der Waals surface area contributed by atoms with Gasteiger partial charge in [0.25, 0.3) is 0 Å². The Hall–Kier alpha value is -1.59. The molecule has 0 spiro atoms. The van der Waals surface area contributed by atoms with Crippen LogP contribution >= 0.6 is 0 Å². The van der Waals surface area contributed by atoms with E-state index in [0.717, 1.165) is 0 Å². The SMILES string of the molecule is CCN(C(=O)C(=O)NCCCNC=O)C(C)(C)C. The second-order valence-corrected chi connectivity index (χ2v) is 4.90. The van der Waals surface area contributed by atoms with Crippen molar-refractivity contribution in [3.63, 3.8) is 0 Å². The molecule has 0 bridgehead atoms. The van der Waals surface area contributed by atoms with Gasteiger partial charge in [0, 0.05) is 25.2 Å². The van der Waals surface area contributed by atoms with Crippen LogP contribution in [0, 0.1) is 0 Å². The normalized spacial score (nSPS) is 10.7. The van der Waals surface area contributed by atoms with Crippen LogP contribution in [0.5, 0.6) is 0 Å². The molecule has 6 nitrogen and oxygen atoms in total.